The van der Waals surface area contributed by atoms with E-state index >= 15 is 0 Å². The van der Waals surface area contributed by atoms with Gasteiger partial charge in [0.15, 0.2) is 0 Å². The van der Waals surface area contributed by atoms with Gasteiger partial charge in [0, 0.05) is 18.2 Å². The Hall–Kier alpha value is -0.220. The first-order chi connectivity index (χ1) is 6.68. The fourth-order valence-electron chi connectivity index (χ4n) is 2.49. The normalized spacial score (nSPS) is 39.1. The van der Waals surface area contributed by atoms with Gasteiger partial charge in [0.05, 0.1) is 12.1 Å². The summed E-state index contributed by atoms with van der Waals surface area (Å²) >= 11 is 4.32. The number of aliphatic hydroxyl groups excluding tert-OH is 1. The first-order valence-corrected chi connectivity index (χ1v) is 5.85. The van der Waals surface area contributed by atoms with Crippen LogP contribution < -0.4 is 0 Å². The van der Waals surface area contributed by atoms with Gasteiger partial charge in [-0.2, -0.15) is 12.6 Å². The van der Waals surface area contributed by atoms with Crippen LogP contribution in [-0.2, 0) is 4.79 Å². The van der Waals surface area contributed by atoms with Gasteiger partial charge >= 0.3 is 0 Å². The molecule has 1 unspecified atom stereocenters. The Morgan fingerprint density at radius 2 is 2.07 bits per heavy atom. The Labute approximate surface area is 89.9 Å². The molecule has 0 radical (unpaired) electrons. The predicted molar refractivity (Wildman–Crippen MR) is 57.4 cm³/mol. The summed E-state index contributed by atoms with van der Waals surface area (Å²) < 4.78 is 0. The molecule has 1 heterocycles. The van der Waals surface area contributed by atoms with Gasteiger partial charge in [-0.3, -0.25) is 4.79 Å². The van der Waals surface area contributed by atoms with E-state index in [1.165, 1.54) is 0 Å². The SMILES string of the molecule is O=C1CC(S)CN1[C@H]1CCCC[C@@H]1O. The number of hydrogen-bond acceptors (Lipinski definition) is 3. The summed E-state index contributed by atoms with van der Waals surface area (Å²) in [5.74, 6) is 0.163. The number of likely N-dealkylation sites (tertiary alicyclic amines) is 1. The van der Waals surface area contributed by atoms with Crippen molar-refractivity contribution in [3.8, 4) is 0 Å². The largest absolute Gasteiger partial charge is 0.391 e. The van der Waals surface area contributed by atoms with Gasteiger partial charge in [0.25, 0.3) is 0 Å². The molecule has 3 atom stereocenters. The number of thiol groups is 1. The summed E-state index contributed by atoms with van der Waals surface area (Å²) in [5.41, 5.74) is 0. The maximum Gasteiger partial charge on any atom is 0.224 e. The third kappa shape index (κ3) is 1.91. The van der Waals surface area contributed by atoms with E-state index in [9.17, 15) is 9.90 Å². The second-order valence-electron chi connectivity index (χ2n) is 4.32. The van der Waals surface area contributed by atoms with E-state index in [4.69, 9.17) is 0 Å². The Morgan fingerprint density at radius 1 is 1.36 bits per heavy atom. The molecule has 1 aliphatic carbocycles. The minimum Gasteiger partial charge on any atom is -0.391 e. The quantitative estimate of drug-likeness (QED) is 0.636. The number of rotatable bonds is 1. The highest BCUT2D eigenvalue weighted by Crippen LogP contribution is 2.28. The van der Waals surface area contributed by atoms with E-state index in [1.54, 1.807) is 0 Å². The molecule has 4 heteroatoms. The fraction of sp³-hybridized carbons (Fsp3) is 0.900. The molecular weight excluding hydrogens is 198 g/mol. The second-order valence-corrected chi connectivity index (χ2v) is 5.05. The molecule has 80 valence electrons. The molecule has 2 fully saturated rings. The van der Waals surface area contributed by atoms with Crippen LogP contribution in [0.25, 0.3) is 0 Å². The minimum atomic E-state index is -0.314. The Bertz CT molecular complexity index is 234. The summed E-state index contributed by atoms with van der Waals surface area (Å²) in [6.07, 6.45) is 4.23. The molecule has 1 saturated heterocycles. The molecule has 0 aromatic carbocycles. The van der Waals surface area contributed by atoms with Crippen LogP contribution in [0.15, 0.2) is 0 Å². The molecule has 1 N–H and O–H groups in total. The zero-order chi connectivity index (χ0) is 10.1. The predicted octanol–water partition coefficient (Wildman–Crippen LogP) is 0.821. The van der Waals surface area contributed by atoms with Gasteiger partial charge in [-0.25, -0.2) is 0 Å². The number of amides is 1. The fourth-order valence-corrected chi connectivity index (χ4v) is 2.82. The van der Waals surface area contributed by atoms with Crippen LogP contribution in [0.1, 0.15) is 32.1 Å². The van der Waals surface area contributed by atoms with Gasteiger partial charge in [-0.1, -0.05) is 12.8 Å². The van der Waals surface area contributed by atoms with Crippen LogP contribution >= 0.6 is 12.6 Å². The molecule has 2 rings (SSSR count). The van der Waals surface area contributed by atoms with Gasteiger partial charge in [0.1, 0.15) is 0 Å². The molecule has 0 bridgehead atoms. The van der Waals surface area contributed by atoms with Crippen molar-refractivity contribution in [2.24, 2.45) is 0 Å². The molecule has 1 amide bonds. The second kappa shape index (κ2) is 4.11. The van der Waals surface area contributed by atoms with Crippen molar-refractivity contribution < 1.29 is 9.90 Å². The monoisotopic (exact) mass is 215 g/mol. The highest BCUT2D eigenvalue weighted by Gasteiger charge is 2.36. The highest BCUT2D eigenvalue weighted by atomic mass is 32.1. The minimum absolute atomic E-state index is 0.0633. The topological polar surface area (TPSA) is 40.5 Å². The van der Waals surface area contributed by atoms with Gasteiger partial charge in [-0.15, -0.1) is 0 Å². The van der Waals surface area contributed by atoms with Crippen LogP contribution in [0.2, 0.25) is 0 Å². The number of hydrogen-bond donors (Lipinski definition) is 2. The number of aliphatic hydroxyl groups is 1. The van der Waals surface area contributed by atoms with Crippen molar-refractivity contribution in [3.63, 3.8) is 0 Å². The number of nitrogens with zero attached hydrogens (tertiary/aromatic N) is 1. The van der Waals surface area contributed by atoms with E-state index < -0.39 is 0 Å². The lowest BCUT2D eigenvalue weighted by molar-refractivity contribution is -0.132. The van der Waals surface area contributed by atoms with Crippen molar-refractivity contribution >= 4 is 18.5 Å². The lowest BCUT2D eigenvalue weighted by Gasteiger charge is -2.35. The van der Waals surface area contributed by atoms with E-state index in [-0.39, 0.29) is 23.3 Å². The Kier molecular flexibility index (Phi) is 3.02. The lowest BCUT2D eigenvalue weighted by Crippen LogP contribution is -2.46. The maximum atomic E-state index is 11.6. The zero-order valence-electron chi connectivity index (χ0n) is 8.22. The van der Waals surface area contributed by atoms with Crippen molar-refractivity contribution in [1.29, 1.82) is 0 Å². The van der Waals surface area contributed by atoms with E-state index in [2.05, 4.69) is 12.6 Å². The number of carbonyl (C=O) groups excluding carboxylic acids is 1. The Balaban J connectivity index is 2.02. The molecule has 0 spiro atoms. The van der Waals surface area contributed by atoms with Crippen LogP contribution in [0.4, 0.5) is 0 Å². The molecule has 3 nitrogen and oxygen atoms in total. The van der Waals surface area contributed by atoms with Crippen molar-refractivity contribution in [2.45, 2.75) is 49.5 Å². The highest BCUT2D eigenvalue weighted by molar-refractivity contribution is 7.81. The Morgan fingerprint density at radius 3 is 2.64 bits per heavy atom. The molecule has 2 aliphatic rings. The molecule has 0 aromatic rings. The summed E-state index contributed by atoms with van der Waals surface area (Å²) in [7, 11) is 0. The van der Waals surface area contributed by atoms with Crippen molar-refractivity contribution in [1.82, 2.24) is 4.90 Å². The van der Waals surface area contributed by atoms with E-state index in [1.807, 2.05) is 4.90 Å². The molecule has 1 aliphatic heterocycles. The standard InChI is InChI=1S/C10H17NO2S/c12-9-4-2-1-3-8(9)11-6-7(14)5-10(11)13/h7-9,12,14H,1-6H2/t7?,8-,9-/m0/s1. The van der Waals surface area contributed by atoms with Gasteiger partial charge in [0.2, 0.25) is 5.91 Å². The van der Waals surface area contributed by atoms with Crippen molar-refractivity contribution in [2.75, 3.05) is 6.54 Å². The van der Waals surface area contributed by atoms with E-state index in [0.717, 1.165) is 25.7 Å². The van der Waals surface area contributed by atoms with E-state index in [0.29, 0.717) is 13.0 Å². The lowest BCUT2D eigenvalue weighted by atomic mass is 9.91. The average molecular weight is 215 g/mol. The first kappa shape index (κ1) is 10.3. The third-order valence-electron chi connectivity index (χ3n) is 3.23. The van der Waals surface area contributed by atoms with Crippen molar-refractivity contribution in [3.05, 3.63) is 0 Å². The summed E-state index contributed by atoms with van der Waals surface area (Å²) in [6.45, 7) is 0.712. The third-order valence-corrected chi connectivity index (χ3v) is 3.58. The smallest absolute Gasteiger partial charge is 0.224 e. The molecule has 14 heavy (non-hydrogen) atoms. The molecular formula is C10H17NO2S. The maximum absolute atomic E-state index is 11.6. The van der Waals surface area contributed by atoms with Gasteiger partial charge in [-0.05, 0) is 12.8 Å². The van der Waals surface area contributed by atoms with Crippen LogP contribution in [0.3, 0.4) is 0 Å². The number of carbonyl (C=O) groups is 1. The van der Waals surface area contributed by atoms with Crippen LogP contribution in [0, 0.1) is 0 Å². The summed E-state index contributed by atoms with van der Waals surface area (Å²) in [5, 5.41) is 9.98. The zero-order valence-corrected chi connectivity index (χ0v) is 9.12. The summed E-state index contributed by atoms with van der Waals surface area (Å²) in [4.78, 5) is 13.4. The summed E-state index contributed by atoms with van der Waals surface area (Å²) in [6, 6.07) is 0.0633. The first-order valence-electron chi connectivity index (χ1n) is 5.34. The van der Waals surface area contributed by atoms with Gasteiger partial charge < -0.3 is 10.0 Å². The van der Waals surface area contributed by atoms with Crippen LogP contribution in [-0.4, -0.2) is 39.9 Å². The molecule has 1 saturated carbocycles. The molecule has 0 aromatic heterocycles. The van der Waals surface area contributed by atoms with Crippen LogP contribution in [0.5, 0.6) is 0 Å². The average Bonchev–Trinajstić information content (AvgIpc) is 2.46.